The van der Waals surface area contributed by atoms with E-state index in [-0.39, 0.29) is 5.91 Å². The fraction of sp³-hybridized carbons (Fsp3) is 0.632. The first-order valence-electron chi connectivity index (χ1n) is 9.10. The lowest BCUT2D eigenvalue weighted by molar-refractivity contribution is -0.137. The quantitative estimate of drug-likeness (QED) is 0.896. The number of carbonyl (C=O) groups is 1. The number of carbonyl (C=O) groups excluding carboxylic acids is 1. The van der Waals surface area contributed by atoms with Gasteiger partial charge in [-0.3, -0.25) is 9.69 Å². The normalized spacial score (nSPS) is 22.5. The SMILES string of the molecule is O=C(CN1CCOCC1)N1CCCC[C@H]1CCc1cccc(O)c1. The number of nitrogens with zero attached hydrogens (tertiary/aromatic N) is 2. The average Bonchev–Trinajstić information content (AvgIpc) is 2.61. The molecule has 0 aliphatic carbocycles. The number of aryl methyl sites for hydroxylation is 1. The van der Waals surface area contributed by atoms with E-state index in [4.69, 9.17) is 4.74 Å². The molecule has 2 aliphatic rings. The van der Waals surface area contributed by atoms with Crippen molar-refractivity contribution in [1.82, 2.24) is 9.80 Å². The van der Waals surface area contributed by atoms with Crippen molar-refractivity contribution in [2.24, 2.45) is 0 Å². The maximum Gasteiger partial charge on any atom is 0.236 e. The molecule has 5 heteroatoms. The summed E-state index contributed by atoms with van der Waals surface area (Å²) >= 11 is 0. The van der Waals surface area contributed by atoms with Gasteiger partial charge in [-0.1, -0.05) is 12.1 Å². The average molecular weight is 332 g/mol. The van der Waals surface area contributed by atoms with E-state index in [1.165, 1.54) is 6.42 Å². The Hall–Kier alpha value is -1.59. The molecule has 1 N–H and O–H groups in total. The fourth-order valence-electron chi connectivity index (χ4n) is 3.72. The number of hydrogen-bond donors (Lipinski definition) is 1. The second-order valence-corrected chi connectivity index (χ2v) is 6.83. The zero-order valence-electron chi connectivity index (χ0n) is 14.3. The molecule has 1 atom stereocenters. The van der Waals surface area contributed by atoms with E-state index in [1.54, 1.807) is 6.07 Å². The van der Waals surface area contributed by atoms with Crippen LogP contribution in [0, 0.1) is 0 Å². The first kappa shape index (κ1) is 17.2. The van der Waals surface area contributed by atoms with E-state index in [9.17, 15) is 9.90 Å². The minimum Gasteiger partial charge on any atom is -0.508 e. The molecule has 0 aromatic heterocycles. The third-order valence-corrected chi connectivity index (χ3v) is 5.09. The molecule has 24 heavy (non-hydrogen) atoms. The van der Waals surface area contributed by atoms with Gasteiger partial charge in [0.1, 0.15) is 5.75 Å². The van der Waals surface area contributed by atoms with Crippen LogP contribution in [0.15, 0.2) is 24.3 Å². The maximum atomic E-state index is 12.7. The van der Waals surface area contributed by atoms with Crippen LogP contribution < -0.4 is 0 Å². The van der Waals surface area contributed by atoms with Crippen molar-refractivity contribution in [1.29, 1.82) is 0 Å². The van der Waals surface area contributed by atoms with Gasteiger partial charge in [-0.25, -0.2) is 0 Å². The van der Waals surface area contributed by atoms with Crippen molar-refractivity contribution >= 4 is 5.91 Å². The molecule has 132 valence electrons. The minimum absolute atomic E-state index is 0.262. The van der Waals surface area contributed by atoms with Crippen molar-refractivity contribution in [3.05, 3.63) is 29.8 Å². The van der Waals surface area contributed by atoms with Crippen LogP contribution >= 0.6 is 0 Å². The highest BCUT2D eigenvalue weighted by atomic mass is 16.5. The van der Waals surface area contributed by atoms with Crippen LogP contribution in [0.1, 0.15) is 31.2 Å². The van der Waals surface area contributed by atoms with Gasteiger partial charge in [0, 0.05) is 25.7 Å². The summed E-state index contributed by atoms with van der Waals surface area (Å²) < 4.78 is 5.36. The van der Waals surface area contributed by atoms with Gasteiger partial charge in [-0.05, 0) is 49.8 Å². The Labute approximate surface area is 144 Å². The van der Waals surface area contributed by atoms with E-state index in [0.29, 0.717) is 18.3 Å². The molecule has 2 heterocycles. The monoisotopic (exact) mass is 332 g/mol. The molecule has 1 amide bonds. The minimum atomic E-state index is 0.262. The zero-order chi connectivity index (χ0) is 16.8. The summed E-state index contributed by atoms with van der Waals surface area (Å²) in [4.78, 5) is 17.0. The zero-order valence-corrected chi connectivity index (χ0v) is 14.3. The predicted octanol–water partition coefficient (Wildman–Crippen LogP) is 2.04. The lowest BCUT2D eigenvalue weighted by atomic mass is 9.95. The molecule has 0 radical (unpaired) electrons. The van der Waals surface area contributed by atoms with Crippen molar-refractivity contribution in [2.75, 3.05) is 39.4 Å². The van der Waals surface area contributed by atoms with Gasteiger partial charge in [-0.2, -0.15) is 0 Å². The summed E-state index contributed by atoms with van der Waals surface area (Å²) in [7, 11) is 0. The van der Waals surface area contributed by atoms with Crippen LogP contribution in [0.2, 0.25) is 0 Å². The molecule has 1 aromatic rings. The number of amides is 1. The van der Waals surface area contributed by atoms with E-state index in [0.717, 1.165) is 64.1 Å². The number of likely N-dealkylation sites (tertiary alicyclic amines) is 1. The molecule has 2 aliphatic heterocycles. The Balaban J connectivity index is 1.55. The molecule has 0 unspecified atom stereocenters. The van der Waals surface area contributed by atoms with Crippen molar-refractivity contribution < 1.29 is 14.6 Å². The molecule has 1 aromatic carbocycles. The van der Waals surface area contributed by atoms with Crippen LogP contribution in [0.4, 0.5) is 0 Å². The van der Waals surface area contributed by atoms with Gasteiger partial charge in [-0.15, -0.1) is 0 Å². The lowest BCUT2D eigenvalue weighted by Gasteiger charge is -2.37. The Morgan fingerprint density at radius 1 is 1.21 bits per heavy atom. The molecule has 5 nitrogen and oxygen atoms in total. The number of hydrogen-bond acceptors (Lipinski definition) is 4. The number of phenols is 1. The number of piperidine rings is 1. The summed E-state index contributed by atoms with van der Waals surface area (Å²) in [6.45, 7) is 4.57. The van der Waals surface area contributed by atoms with Crippen molar-refractivity contribution in [3.63, 3.8) is 0 Å². The second-order valence-electron chi connectivity index (χ2n) is 6.83. The molecule has 0 saturated carbocycles. The number of phenolic OH excluding ortho intramolecular Hbond substituents is 1. The van der Waals surface area contributed by atoms with E-state index in [1.807, 2.05) is 18.2 Å². The molecule has 2 fully saturated rings. The van der Waals surface area contributed by atoms with Crippen LogP contribution in [-0.4, -0.2) is 66.2 Å². The summed E-state index contributed by atoms with van der Waals surface area (Å²) in [5, 5.41) is 9.59. The van der Waals surface area contributed by atoms with Crippen LogP contribution in [-0.2, 0) is 16.0 Å². The predicted molar refractivity (Wildman–Crippen MR) is 93.0 cm³/mol. The molecule has 0 spiro atoms. The van der Waals surface area contributed by atoms with E-state index >= 15 is 0 Å². The first-order chi connectivity index (χ1) is 11.7. The van der Waals surface area contributed by atoms with Gasteiger partial charge < -0.3 is 14.7 Å². The first-order valence-corrected chi connectivity index (χ1v) is 9.10. The highest BCUT2D eigenvalue weighted by Gasteiger charge is 2.27. The van der Waals surface area contributed by atoms with Crippen LogP contribution in [0.25, 0.3) is 0 Å². The summed E-state index contributed by atoms with van der Waals surface area (Å²) in [5.74, 6) is 0.578. The Morgan fingerprint density at radius 2 is 2.04 bits per heavy atom. The standard InChI is InChI=1S/C19H28N2O3/c22-18-6-3-4-16(14-18)7-8-17-5-1-2-9-21(17)19(23)15-20-10-12-24-13-11-20/h3-4,6,14,17,22H,1-2,5,7-13,15H2/t17-/m0/s1. The van der Waals surface area contributed by atoms with Gasteiger partial charge in [0.05, 0.1) is 19.8 Å². The number of morpholine rings is 1. The van der Waals surface area contributed by atoms with Crippen LogP contribution in [0.5, 0.6) is 5.75 Å². The van der Waals surface area contributed by atoms with Gasteiger partial charge in [0.2, 0.25) is 5.91 Å². The van der Waals surface area contributed by atoms with Crippen molar-refractivity contribution in [3.8, 4) is 5.75 Å². The number of aromatic hydroxyl groups is 1. The van der Waals surface area contributed by atoms with Crippen molar-refractivity contribution in [2.45, 2.75) is 38.1 Å². The van der Waals surface area contributed by atoms with Gasteiger partial charge in [0.15, 0.2) is 0 Å². The maximum absolute atomic E-state index is 12.7. The Bertz CT molecular complexity index is 543. The Morgan fingerprint density at radius 3 is 2.83 bits per heavy atom. The van der Waals surface area contributed by atoms with Gasteiger partial charge in [0.25, 0.3) is 0 Å². The topological polar surface area (TPSA) is 53.0 Å². The third-order valence-electron chi connectivity index (χ3n) is 5.09. The molecule has 2 saturated heterocycles. The third kappa shape index (κ3) is 4.71. The second kappa shape index (κ2) is 8.49. The number of benzene rings is 1. The molecule has 0 bridgehead atoms. The van der Waals surface area contributed by atoms with E-state index in [2.05, 4.69) is 9.80 Å². The molecule has 3 rings (SSSR count). The number of rotatable bonds is 5. The van der Waals surface area contributed by atoms with Gasteiger partial charge >= 0.3 is 0 Å². The summed E-state index contributed by atoms with van der Waals surface area (Å²) in [6, 6.07) is 7.77. The summed E-state index contributed by atoms with van der Waals surface area (Å²) in [5.41, 5.74) is 1.14. The highest BCUT2D eigenvalue weighted by molar-refractivity contribution is 5.78. The lowest BCUT2D eigenvalue weighted by Crippen LogP contribution is -2.50. The molecular formula is C19H28N2O3. The molecular weight excluding hydrogens is 304 g/mol. The van der Waals surface area contributed by atoms with Crippen LogP contribution in [0.3, 0.4) is 0 Å². The fourth-order valence-corrected chi connectivity index (χ4v) is 3.72. The van der Waals surface area contributed by atoms with E-state index < -0.39 is 0 Å². The summed E-state index contributed by atoms with van der Waals surface area (Å²) in [6.07, 6.45) is 5.27. The highest BCUT2D eigenvalue weighted by Crippen LogP contribution is 2.23. The largest absolute Gasteiger partial charge is 0.508 e. The Kier molecular flexibility index (Phi) is 6.10. The smallest absolute Gasteiger partial charge is 0.236 e. The number of ether oxygens (including phenoxy) is 1.